The molecular weight excluding hydrogens is 222 g/mol. The van der Waals surface area contributed by atoms with Gasteiger partial charge in [-0.05, 0) is 63.8 Å². The van der Waals surface area contributed by atoms with Crippen molar-refractivity contribution in [1.29, 1.82) is 0 Å². The molecule has 2 rings (SSSR count). The molecule has 0 aromatic carbocycles. The van der Waals surface area contributed by atoms with Crippen LogP contribution in [0.5, 0.6) is 0 Å². The van der Waals surface area contributed by atoms with Crippen molar-refractivity contribution in [2.45, 2.75) is 83.3 Å². The second kappa shape index (κ2) is 8.16. The van der Waals surface area contributed by atoms with Gasteiger partial charge in [0.05, 0.1) is 6.10 Å². The Morgan fingerprint density at radius 1 is 1.06 bits per heavy atom. The third kappa shape index (κ3) is 4.89. The normalized spacial score (nSPS) is 32.8. The molecule has 1 unspecified atom stereocenters. The maximum absolute atomic E-state index is 5.66. The highest BCUT2D eigenvalue weighted by Gasteiger charge is 2.20. The van der Waals surface area contributed by atoms with E-state index < -0.39 is 0 Å². The van der Waals surface area contributed by atoms with Gasteiger partial charge in [-0.2, -0.15) is 0 Å². The summed E-state index contributed by atoms with van der Waals surface area (Å²) in [5.41, 5.74) is 0. The van der Waals surface area contributed by atoms with Crippen molar-refractivity contribution in [3.63, 3.8) is 0 Å². The number of nitrogens with one attached hydrogen (secondary N) is 1. The van der Waals surface area contributed by atoms with Crippen molar-refractivity contribution < 1.29 is 4.74 Å². The van der Waals surface area contributed by atoms with Gasteiger partial charge in [-0.25, -0.2) is 0 Å². The molecule has 2 heteroatoms. The average molecular weight is 253 g/mol. The van der Waals surface area contributed by atoms with Gasteiger partial charge < -0.3 is 10.1 Å². The Morgan fingerprint density at radius 2 is 1.89 bits per heavy atom. The van der Waals surface area contributed by atoms with Crippen LogP contribution >= 0.6 is 0 Å². The van der Waals surface area contributed by atoms with E-state index in [0.29, 0.717) is 6.10 Å². The van der Waals surface area contributed by atoms with E-state index in [1.165, 1.54) is 70.8 Å². The lowest BCUT2D eigenvalue weighted by molar-refractivity contribution is 0.102. The molecule has 1 saturated carbocycles. The van der Waals surface area contributed by atoms with E-state index in [-0.39, 0.29) is 0 Å². The van der Waals surface area contributed by atoms with Gasteiger partial charge in [0.1, 0.15) is 0 Å². The van der Waals surface area contributed by atoms with Crippen LogP contribution in [0, 0.1) is 5.92 Å². The molecule has 0 aromatic heterocycles. The van der Waals surface area contributed by atoms with Crippen LogP contribution in [0.2, 0.25) is 0 Å². The summed E-state index contributed by atoms with van der Waals surface area (Å²) >= 11 is 0. The van der Waals surface area contributed by atoms with Gasteiger partial charge in [0.15, 0.2) is 0 Å². The fourth-order valence-corrected chi connectivity index (χ4v) is 3.57. The van der Waals surface area contributed by atoms with Gasteiger partial charge in [-0.1, -0.05) is 19.8 Å². The smallest absolute Gasteiger partial charge is 0.0576 e. The maximum atomic E-state index is 5.66. The van der Waals surface area contributed by atoms with Gasteiger partial charge >= 0.3 is 0 Å². The standard InChI is InChI=1S/C16H31NO/c1-2-5-14-8-10-15(11-9-14)17-12-3-6-16-7-4-13-18-16/h14-17H,2-13H2,1H3. The molecule has 1 heterocycles. The molecule has 2 nitrogen and oxygen atoms in total. The van der Waals surface area contributed by atoms with Crippen LogP contribution in [-0.4, -0.2) is 25.3 Å². The molecule has 0 amide bonds. The molecule has 0 radical (unpaired) electrons. The van der Waals surface area contributed by atoms with E-state index >= 15 is 0 Å². The largest absolute Gasteiger partial charge is 0.378 e. The first-order chi connectivity index (χ1) is 8.88. The molecule has 1 saturated heterocycles. The second-order valence-corrected chi connectivity index (χ2v) is 6.24. The predicted octanol–water partition coefficient (Wildman–Crippen LogP) is 3.89. The summed E-state index contributed by atoms with van der Waals surface area (Å²) in [6.45, 7) is 4.51. The number of ether oxygens (including phenoxy) is 1. The molecule has 2 aliphatic rings. The minimum atomic E-state index is 0.576. The maximum Gasteiger partial charge on any atom is 0.0576 e. The van der Waals surface area contributed by atoms with Crippen molar-refractivity contribution in [2.75, 3.05) is 13.2 Å². The van der Waals surface area contributed by atoms with E-state index in [1.807, 2.05) is 0 Å². The zero-order chi connectivity index (χ0) is 12.6. The molecule has 106 valence electrons. The van der Waals surface area contributed by atoms with Crippen LogP contribution in [0.1, 0.15) is 71.1 Å². The Kier molecular flexibility index (Phi) is 6.50. The van der Waals surface area contributed by atoms with E-state index in [2.05, 4.69) is 12.2 Å². The zero-order valence-corrected chi connectivity index (χ0v) is 12.1. The Balaban J connectivity index is 1.47. The summed E-state index contributed by atoms with van der Waals surface area (Å²) in [7, 11) is 0. The van der Waals surface area contributed by atoms with E-state index in [4.69, 9.17) is 4.74 Å². The highest BCUT2D eigenvalue weighted by molar-refractivity contribution is 4.77. The molecule has 1 N–H and O–H groups in total. The third-order valence-electron chi connectivity index (χ3n) is 4.70. The Bertz CT molecular complexity index is 205. The summed E-state index contributed by atoms with van der Waals surface area (Å²) in [5, 5.41) is 3.75. The summed E-state index contributed by atoms with van der Waals surface area (Å²) < 4.78 is 5.66. The number of rotatable bonds is 7. The molecule has 0 bridgehead atoms. The lowest BCUT2D eigenvalue weighted by Crippen LogP contribution is -2.34. The van der Waals surface area contributed by atoms with Crippen LogP contribution in [0.3, 0.4) is 0 Å². The van der Waals surface area contributed by atoms with Crippen LogP contribution in [-0.2, 0) is 4.74 Å². The minimum Gasteiger partial charge on any atom is -0.378 e. The minimum absolute atomic E-state index is 0.576. The SMILES string of the molecule is CCCC1CCC(NCCCC2CCCO2)CC1. The quantitative estimate of drug-likeness (QED) is 0.695. The summed E-state index contributed by atoms with van der Waals surface area (Å²) in [4.78, 5) is 0. The molecule has 1 atom stereocenters. The lowest BCUT2D eigenvalue weighted by Gasteiger charge is -2.29. The van der Waals surface area contributed by atoms with Crippen LogP contribution in [0.25, 0.3) is 0 Å². The first-order valence-corrected chi connectivity index (χ1v) is 8.23. The molecule has 0 aromatic rings. The Labute approximate surface area is 113 Å². The fourth-order valence-electron chi connectivity index (χ4n) is 3.57. The average Bonchev–Trinajstić information content (AvgIpc) is 2.90. The molecule has 2 fully saturated rings. The van der Waals surface area contributed by atoms with E-state index in [0.717, 1.165) is 18.6 Å². The predicted molar refractivity (Wildman–Crippen MR) is 76.9 cm³/mol. The van der Waals surface area contributed by atoms with Crippen molar-refractivity contribution in [3.05, 3.63) is 0 Å². The lowest BCUT2D eigenvalue weighted by atomic mass is 9.83. The number of hydrogen-bond donors (Lipinski definition) is 1. The van der Waals surface area contributed by atoms with Crippen LogP contribution < -0.4 is 5.32 Å². The summed E-state index contributed by atoms with van der Waals surface area (Å²) in [6.07, 6.45) is 14.2. The first kappa shape index (κ1) is 14.3. The van der Waals surface area contributed by atoms with Crippen molar-refractivity contribution in [3.8, 4) is 0 Å². The molecule has 0 spiro atoms. The summed E-state index contributed by atoms with van der Waals surface area (Å²) in [6, 6.07) is 0.808. The monoisotopic (exact) mass is 253 g/mol. The molecule has 1 aliphatic carbocycles. The Morgan fingerprint density at radius 3 is 2.56 bits per heavy atom. The molecule has 18 heavy (non-hydrogen) atoms. The zero-order valence-electron chi connectivity index (χ0n) is 12.1. The molecular formula is C16H31NO. The van der Waals surface area contributed by atoms with E-state index in [1.54, 1.807) is 0 Å². The van der Waals surface area contributed by atoms with Crippen molar-refractivity contribution in [2.24, 2.45) is 5.92 Å². The van der Waals surface area contributed by atoms with Gasteiger partial charge in [0.2, 0.25) is 0 Å². The first-order valence-electron chi connectivity index (χ1n) is 8.23. The Hall–Kier alpha value is -0.0800. The van der Waals surface area contributed by atoms with Gasteiger partial charge in [0.25, 0.3) is 0 Å². The van der Waals surface area contributed by atoms with Crippen molar-refractivity contribution >= 4 is 0 Å². The second-order valence-electron chi connectivity index (χ2n) is 6.24. The summed E-state index contributed by atoms with van der Waals surface area (Å²) in [5.74, 6) is 1.03. The fraction of sp³-hybridized carbons (Fsp3) is 1.00. The van der Waals surface area contributed by atoms with Crippen LogP contribution in [0.4, 0.5) is 0 Å². The highest BCUT2D eigenvalue weighted by atomic mass is 16.5. The number of hydrogen-bond acceptors (Lipinski definition) is 2. The molecule has 1 aliphatic heterocycles. The highest BCUT2D eigenvalue weighted by Crippen LogP contribution is 2.27. The van der Waals surface area contributed by atoms with Gasteiger partial charge in [-0.15, -0.1) is 0 Å². The topological polar surface area (TPSA) is 21.3 Å². The van der Waals surface area contributed by atoms with Crippen LogP contribution in [0.15, 0.2) is 0 Å². The third-order valence-corrected chi connectivity index (χ3v) is 4.70. The van der Waals surface area contributed by atoms with E-state index in [9.17, 15) is 0 Å². The van der Waals surface area contributed by atoms with Crippen molar-refractivity contribution in [1.82, 2.24) is 5.32 Å². The van der Waals surface area contributed by atoms with Gasteiger partial charge in [0, 0.05) is 12.6 Å². The van der Waals surface area contributed by atoms with Gasteiger partial charge in [-0.3, -0.25) is 0 Å².